The molecule has 0 bridgehead atoms. The molecule has 0 unspecified atom stereocenters. The zero-order valence-electron chi connectivity index (χ0n) is 10.3. The number of hydrogen-bond acceptors (Lipinski definition) is 6. The molecule has 0 spiro atoms. The van der Waals surface area contributed by atoms with Gasteiger partial charge < -0.3 is 4.84 Å². The van der Waals surface area contributed by atoms with Gasteiger partial charge >= 0.3 is 5.97 Å². The van der Waals surface area contributed by atoms with Gasteiger partial charge in [0.1, 0.15) is 4.88 Å². The molecule has 0 aliphatic rings. The molecule has 0 amide bonds. The summed E-state index contributed by atoms with van der Waals surface area (Å²) < 4.78 is 0. The standard InChI is InChI=1S/C12H12N2O2S2/c1-7-11(18-9(3)13-7)8(2)14-16-12(15)10-5-4-6-17-10/h4-6H,1-3H3. The Hall–Kier alpha value is -1.53. The van der Waals surface area contributed by atoms with Gasteiger partial charge in [0, 0.05) is 0 Å². The van der Waals surface area contributed by atoms with Crippen molar-refractivity contribution < 1.29 is 9.63 Å². The number of carbonyl (C=O) groups is 1. The lowest BCUT2D eigenvalue weighted by molar-refractivity contribution is 0.0522. The maximum absolute atomic E-state index is 11.6. The summed E-state index contributed by atoms with van der Waals surface area (Å²) in [4.78, 5) is 22.3. The molecule has 2 aromatic heterocycles. The van der Waals surface area contributed by atoms with Crippen molar-refractivity contribution in [1.29, 1.82) is 0 Å². The molecule has 0 saturated heterocycles. The molecule has 0 saturated carbocycles. The minimum Gasteiger partial charge on any atom is -0.312 e. The maximum Gasteiger partial charge on any atom is 0.375 e. The molecule has 0 atom stereocenters. The van der Waals surface area contributed by atoms with Crippen molar-refractivity contribution in [3.05, 3.63) is 38.0 Å². The SMILES string of the molecule is CC(=NOC(=O)c1cccs1)c1sc(C)nc1C. The van der Waals surface area contributed by atoms with E-state index in [0.29, 0.717) is 10.6 Å². The number of thiazole rings is 1. The molecule has 94 valence electrons. The number of aryl methyl sites for hydroxylation is 2. The van der Waals surface area contributed by atoms with E-state index in [2.05, 4.69) is 10.1 Å². The molecule has 0 aliphatic carbocycles. The van der Waals surface area contributed by atoms with Crippen LogP contribution in [0, 0.1) is 13.8 Å². The fraction of sp³-hybridized carbons (Fsp3) is 0.250. The van der Waals surface area contributed by atoms with E-state index in [1.54, 1.807) is 23.5 Å². The Kier molecular flexibility index (Phi) is 3.88. The van der Waals surface area contributed by atoms with Crippen LogP contribution in [0.25, 0.3) is 0 Å². The van der Waals surface area contributed by atoms with Gasteiger partial charge in [-0.2, -0.15) is 0 Å². The van der Waals surface area contributed by atoms with Crippen LogP contribution in [0.5, 0.6) is 0 Å². The van der Waals surface area contributed by atoms with E-state index in [9.17, 15) is 4.79 Å². The van der Waals surface area contributed by atoms with Gasteiger partial charge in [0.15, 0.2) is 0 Å². The second-order valence-electron chi connectivity index (χ2n) is 3.68. The average molecular weight is 280 g/mol. The molecule has 6 heteroatoms. The summed E-state index contributed by atoms with van der Waals surface area (Å²) in [6.07, 6.45) is 0. The third kappa shape index (κ3) is 2.83. The fourth-order valence-electron chi connectivity index (χ4n) is 1.46. The van der Waals surface area contributed by atoms with Crippen molar-refractivity contribution in [2.45, 2.75) is 20.8 Å². The highest BCUT2D eigenvalue weighted by Crippen LogP contribution is 2.18. The summed E-state index contributed by atoms with van der Waals surface area (Å²) in [5.41, 5.74) is 1.58. The highest BCUT2D eigenvalue weighted by Gasteiger charge is 2.11. The number of aromatic nitrogens is 1. The third-order valence-electron chi connectivity index (χ3n) is 2.22. The number of rotatable bonds is 3. The van der Waals surface area contributed by atoms with Crippen molar-refractivity contribution in [3.8, 4) is 0 Å². The first-order valence-electron chi connectivity index (χ1n) is 5.32. The number of thiophene rings is 1. The molecule has 0 aliphatic heterocycles. The monoisotopic (exact) mass is 280 g/mol. The summed E-state index contributed by atoms with van der Waals surface area (Å²) in [5.74, 6) is -0.428. The lowest BCUT2D eigenvalue weighted by Gasteiger charge is -1.98. The van der Waals surface area contributed by atoms with Gasteiger partial charge in [0.05, 0.1) is 21.3 Å². The van der Waals surface area contributed by atoms with Crippen LogP contribution in [0.2, 0.25) is 0 Å². The van der Waals surface area contributed by atoms with Crippen LogP contribution in [0.4, 0.5) is 0 Å². The van der Waals surface area contributed by atoms with Crippen molar-refractivity contribution in [1.82, 2.24) is 4.98 Å². The van der Waals surface area contributed by atoms with Crippen molar-refractivity contribution in [2.75, 3.05) is 0 Å². The van der Waals surface area contributed by atoms with Gasteiger partial charge in [0.2, 0.25) is 0 Å². The number of carbonyl (C=O) groups excluding carboxylic acids is 1. The summed E-state index contributed by atoms with van der Waals surface area (Å²) in [6.45, 7) is 5.66. The Bertz CT molecular complexity index is 585. The van der Waals surface area contributed by atoms with E-state index >= 15 is 0 Å². The summed E-state index contributed by atoms with van der Waals surface area (Å²) >= 11 is 2.87. The Morgan fingerprint density at radius 1 is 1.44 bits per heavy atom. The van der Waals surface area contributed by atoms with Crippen LogP contribution in [-0.4, -0.2) is 16.7 Å². The molecule has 2 aromatic rings. The Balaban J connectivity index is 2.10. The molecule has 0 aromatic carbocycles. The summed E-state index contributed by atoms with van der Waals surface area (Å²) in [7, 11) is 0. The Labute approximate surface area is 113 Å². The summed E-state index contributed by atoms with van der Waals surface area (Å²) in [6, 6.07) is 3.51. The lowest BCUT2D eigenvalue weighted by atomic mass is 10.3. The van der Waals surface area contributed by atoms with Crippen LogP contribution < -0.4 is 0 Å². The van der Waals surface area contributed by atoms with E-state index in [1.807, 2.05) is 26.2 Å². The molecule has 4 nitrogen and oxygen atoms in total. The summed E-state index contributed by atoms with van der Waals surface area (Å²) in [5, 5.41) is 6.67. The minimum atomic E-state index is -0.428. The normalized spacial score (nSPS) is 11.6. The molecule has 18 heavy (non-hydrogen) atoms. The van der Waals surface area contributed by atoms with E-state index < -0.39 is 5.97 Å². The molecule has 0 N–H and O–H groups in total. The van der Waals surface area contributed by atoms with Gasteiger partial charge in [-0.3, -0.25) is 0 Å². The third-order valence-corrected chi connectivity index (χ3v) is 4.25. The van der Waals surface area contributed by atoms with E-state index in [0.717, 1.165) is 15.6 Å². The molecule has 0 radical (unpaired) electrons. The van der Waals surface area contributed by atoms with Crippen molar-refractivity contribution in [3.63, 3.8) is 0 Å². The molecule has 2 heterocycles. The van der Waals surface area contributed by atoms with Crippen LogP contribution in [0.3, 0.4) is 0 Å². The Morgan fingerprint density at radius 3 is 2.78 bits per heavy atom. The van der Waals surface area contributed by atoms with Crippen LogP contribution in [-0.2, 0) is 4.84 Å². The molecule has 2 rings (SSSR count). The zero-order valence-corrected chi connectivity index (χ0v) is 11.9. The van der Waals surface area contributed by atoms with Gasteiger partial charge in [-0.25, -0.2) is 9.78 Å². The van der Waals surface area contributed by atoms with Crippen molar-refractivity contribution in [2.24, 2.45) is 5.16 Å². The zero-order chi connectivity index (χ0) is 13.1. The first-order chi connectivity index (χ1) is 8.58. The van der Waals surface area contributed by atoms with Gasteiger partial charge in [-0.1, -0.05) is 11.2 Å². The highest BCUT2D eigenvalue weighted by molar-refractivity contribution is 7.13. The number of hydrogen-bond donors (Lipinski definition) is 0. The van der Waals surface area contributed by atoms with Gasteiger partial charge in [0.25, 0.3) is 0 Å². The van der Waals surface area contributed by atoms with Crippen LogP contribution >= 0.6 is 22.7 Å². The lowest BCUT2D eigenvalue weighted by Crippen LogP contribution is -2.02. The van der Waals surface area contributed by atoms with Crippen LogP contribution in [0.15, 0.2) is 22.7 Å². The predicted molar refractivity (Wildman–Crippen MR) is 73.5 cm³/mol. The first kappa shape index (κ1) is 12.9. The Morgan fingerprint density at radius 2 is 2.22 bits per heavy atom. The maximum atomic E-state index is 11.6. The van der Waals surface area contributed by atoms with Crippen LogP contribution in [0.1, 0.15) is 32.2 Å². The first-order valence-corrected chi connectivity index (χ1v) is 7.01. The fourth-order valence-corrected chi connectivity index (χ4v) is 2.91. The number of oxime groups is 1. The smallest absolute Gasteiger partial charge is 0.312 e. The molecule has 0 fully saturated rings. The van der Waals surface area contributed by atoms with E-state index in [-0.39, 0.29) is 0 Å². The minimum absolute atomic E-state index is 0.428. The largest absolute Gasteiger partial charge is 0.375 e. The molecular weight excluding hydrogens is 268 g/mol. The topological polar surface area (TPSA) is 51.5 Å². The quantitative estimate of drug-likeness (QED) is 0.492. The second kappa shape index (κ2) is 5.41. The van der Waals surface area contributed by atoms with Gasteiger partial charge in [-0.15, -0.1) is 22.7 Å². The predicted octanol–water partition coefficient (Wildman–Crippen LogP) is 3.40. The average Bonchev–Trinajstić information content (AvgIpc) is 2.95. The van der Waals surface area contributed by atoms with E-state index in [4.69, 9.17) is 4.84 Å². The van der Waals surface area contributed by atoms with Gasteiger partial charge in [-0.05, 0) is 32.2 Å². The highest BCUT2D eigenvalue weighted by atomic mass is 32.1. The molecular formula is C12H12N2O2S2. The second-order valence-corrected chi connectivity index (χ2v) is 5.83. The number of nitrogens with zero attached hydrogens (tertiary/aromatic N) is 2. The van der Waals surface area contributed by atoms with E-state index in [1.165, 1.54) is 11.3 Å². The van der Waals surface area contributed by atoms with Crippen molar-refractivity contribution >= 4 is 34.4 Å².